The van der Waals surface area contributed by atoms with E-state index in [1.54, 1.807) is 0 Å². The summed E-state index contributed by atoms with van der Waals surface area (Å²) in [5.74, 6) is 1.95. The predicted octanol–water partition coefficient (Wildman–Crippen LogP) is 1.09. The average molecular weight is 179 g/mol. The lowest BCUT2D eigenvalue weighted by Crippen LogP contribution is -2.23. The molecular formula is C10H17N3. The molecule has 0 aliphatic heterocycles. The van der Waals surface area contributed by atoms with Crippen LogP contribution in [0, 0.1) is 5.92 Å². The Morgan fingerprint density at radius 1 is 1.69 bits per heavy atom. The van der Waals surface area contributed by atoms with Gasteiger partial charge in [-0.15, -0.1) is 0 Å². The third-order valence-corrected chi connectivity index (χ3v) is 2.85. The van der Waals surface area contributed by atoms with E-state index in [1.807, 2.05) is 19.4 Å². The molecule has 3 nitrogen and oxygen atoms in total. The predicted molar refractivity (Wildman–Crippen MR) is 52.2 cm³/mol. The monoisotopic (exact) mass is 179 g/mol. The molecule has 1 aliphatic rings. The summed E-state index contributed by atoms with van der Waals surface area (Å²) in [4.78, 5) is 4.27. The van der Waals surface area contributed by atoms with Crippen molar-refractivity contribution >= 4 is 0 Å². The summed E-state index contributed by atoms with van der Waals surface area (Å²) in [6.45, 7) is 0. The van der Waals surface area contributed by atoms with Gasteiger partial charge in [0, 0.05) is 31.9 Å². The van der Waals surface area contributed by atoms with Crippen LogP contribution < -0.4 is 5.73 Å². The number of nitrogens with two attached hydrogens (primary N) is 1. The van der Waals surface area contributed by atoms with Gasteiger partial charge in [0.25, 0.3) is 0 Å². The Kier molecular flexibility index (Phi) is 2.36. The first-order valence-electron chi connectivity index (χ1n) is 4.99. The van der Waals surface area contributed by atoms with Gasteiger partial charge in [0.15, 0.2) is 0 Å². The van der Waals surface area contributed by atoms with Crippen LogP contribution in [-0.4, -0.2) is 15.6 Å². The molecule has 1 aromatic heterocycles. The number of aryl methyl sites for hydroxylation is 2. The molecule has 0 radical (unpaired) electrons. The molecule has 1 fully saturated rings. The van der Waals surface area contributed by atoms with E-state index in [9.17, 15) is 0 Å². The summed E-state index contributed by atoms with van der Waals surface area (Å²) < 4.78 is 2.07. The van der Waals surface area contributed by atoms with Crippen LogP contribution in [0.5, 0.6) is 0 Å². The fourth-order valence-electron chi connectivity index (χ4n) is 1.69. The van der Waals surface area contributed by atoms with E-state index >= 15 is 0 Å². The number of imidazole rings is 1. The highest BCUT2D eigenvalue weighted by Gasteiger charge is 2.28. The smallest absolute Gasteiger partial charge is 0.108 e. The molecule has 2 rings (SSSR count). The zero-order chi connectivity index (χ0) is 9.26. The molecule has 1 aromatic rings. The first-order chi connectivity index (χ1) is 6.27. The van der Waals surface area contributed by atoms with Crippen molar-refractivity contribution in [2.75, 3.05) is 0 Å². The normalized spacial score (nSPS) is 18.9. The lowest BCUT2D eigenvalue weighted by Gasteiger charge is -2.09. The van der Waals surface area contributed by atoms with Gasteiger partial charge in [-0.05, 0) is 25.2 Å². The van der Waals surface area contributed by atoms with E-state index in [0.717, 1.165) is 24.6 Å². The summed E-state index contributed by atoms with van der Waals surface area (Å²) >= 11 is 0. The van der Waals surface area contributed by atoms with Gasteiger partial charge in [0.2, 0.25) is 0 Å². The number of nitrogens with zero attached hydrogens (tertiary/aromatic N) is 2. The first kappa shape index (κ1) is 8.75. The Morgan fingerprint density at radius 2 is 2.46 bits per heavy atom. The van der Waals surface area contributed by atoms with Crippen LogP contribution in [0.25, 0.3) is 0 Å². The fraction of sp³-hybridized carbons (Fsp3) is 0.700. The molecule has 1 unspecified atom stereocenters. The van der Waals surface area contributed by atoms with Crippen LogP contribution in [0.3, 0.4) is 0 Å². The molecule has 1 aliphatic carbocycles. The molecule has 1 heterocycles. The zero-order valence-electron chi connectivity index (χ0n) is 8.11. The zero-order valence-corrected chi connectivity index (χ0v) is 8.11. The van der Waals surface area contributed by atoms with Gasteiger partial charge >= 0.3 is 0 Å². The van der Waals surface area contributed by atoms with Crippen LogP contribution >= 0.6 is 0 Å². The first-order valence-corrected chi connectivity index (χ1v) is 4.99. The summed E-state index contributed by atoms with van der Waals surface area (Å²) in [7, 11) is 2.03. The van der Waals surface area contributed by atoms with Crippen molar-refractivity contribution in [1.29, 1.82) is 0 Å². The van der Waals surface area contributed by atoms with Crippen LogP contribution in [0.1, 0.15) is 25.1 Å². The number of rotatable bonds is 4. The van der Waals surface area contributed by atoms with Gasteiger partial charge in [-0.3, -0.25) is 0 Å². The highest BCUT2D eigenvalue weighted by molar-refractivity contribution is 4.93. The lowest BCUT2D eigenvalue weighted by atomic mass is 10.1. The van der Waals surface area contributed by atoms with Gasteiger partial charge in [0.05, 0.1) is 0 Å². The molecule has 2 N–H and O–H groups in total. The Bertz CT molecular complexity index is 275. The quantitative estimate of drug-likeness (QED) is 0.752. The molecule has 3 heteroatoms. The summed E-state index contributed by atoms with van der Waals surface area (Å²) in [6, 6.07) is 0.400. The Morgan fingerprint density at radius 3 is 3.00 bits per heavy atom. The van der Waals surface area contributed by atoms with E-state index < -0.39 is 0 Å². The molecule has 0 saturated heterocycles. The van der Waals surface area contributed by atoms with E-state index in [-0.39, 0.29) is 0 Å². The van der Waals surface area contributed by atoms with Crippen LogP contribution in [0.2, 0.25) is 0 Å². The van der Waals surface area contributed by atoms with Gasteiger partial charge in [-0.2, -0.15) is 0 Å². The Balaban J connectivity index is 1.81. The molecule has 13 heavy (non-hydrogen) atoms. The maximum Gasteiger partial charge on any atom is 0.108 e. The van der Waals surface area contributed by atoms with E-state index in [0.29, 0.717) is 6.04 Å². The highest BCUT2D eigenvalue weighted by Crippen LogP contribution is 2.33. The molecule has 1 saturated carbocycles. The Labute approximate surface area is 79.0 Å². The topological polar surface area (TPSA) is 43.8 Å². The molecule has 72 valence electrons. The fourth-order valence-corrected chi connectivity index (χ4v) is 1.69. The minimum Gasteiger partial charge on any atom is -0.338 e. The van der Waals surface area contributed by atoms with Crippen LogP contribution in [0.4, 0.5) is 0 Å². The molecule has 0 amide bonds. The average Bonchev–Trinajstić information content (AvgIpc) is 2.88. The summed E-state index contributed by atoms with van der Waals surface area (Å²) in [6.07, 6.45) is 8.59. The summed E-state index contributed by atoms with van der Waals surface area (Å²) in [5, 5.41) is 0. The van der Waals surface area contributed by atoms with Crippen LogP contribution in [0.15, 0.2) is 12.4 Å². The van der Waals surface area contributed by atoms with Crippen molar-refractivity contribution in [3.63, 3.8) is 0 Å². The van der Waals surface area contributed by atoms with Crippen molar-refractivity contribution in [2.24, 2.45) is 18.7 Å². The second-order valence-electron chi connectivity index (χ2n) is 3.99. The molecule has 0 bridgehead atoms. The number of hydrogen-bond acceptors (Lipinski definition) is 2. The van der Waals surface area contributed by atoms with Crippen molar-refractivity contribution in [2.45, 2.75) is 31.7 Å². The molecule has 0 spiro atoms. The maximum atomic E-state index is 6.01. The molecular weight excluding hydrogens is 162 g/mol. The lowest BCUT2D eigenvalue weighted by molar-refractivity contribution is 0.537. The van der Waals surface area contributed by atoms with Gasteiger partial charge in [-0.1, -0.05) is 0 Å². The van der Waals surface area contributed by atoms with E-state index in [1.165, 1.54) is 12.8 Å². The standard InChI is InChI=1S/C10H17N3/c1-13-7-6-12-10(13)5-4-9(11)8-2-3-8/h6-9H,2-5,11H2,1H3. The van der Waals surface area contributed by atoms with Crippen LogP contribution in [-0.2, 0) is 13.5 Å². The minimum absolute atomic E-state index is 0.400. The Hall–Kier alpha value is -0.830. The second-order valence-corrected chi connectivity index (χ2v) is 3.99. The molecule has 0 aromatic carbocycles. The van der Waals surface area contributed by atoms with Crippen molar-refractivity contribution in [3.05, 3.63) is 18.2 Å². The maximum absolute atomic E-state index is 6.01. The van der Waals surface area contributed by atoms with Crippen molar-refractivity contribution in [3.8, 4) is 0 Å². The number of aromatic nitrogens is 2. The minimum atomic E-state index is 0.400. The number of hydrogen-bond donors (Lipinski definition) is 1. The van der Waals surface area contributed by atoms with E-state index in [2.05, 4.69) is 9.55 Å². The van der Waals surface area contributed by atoms with E-state index in [4.69, 9.17) is 5.73 Å². The second kappa shape index (κ2) is 3.50. The third kappa shape index (κ3) is 2.10. The largest absolute Gasteiger partial charge is 0.338 e. The van der Waals surface area contributed by atoms with Crippen molar-refractivity contribution in [1.82, 2.24) is 9.55 Å². The van der Waals surface area contributed by atoms with Crippen molar-refractivity contribution < 1.29 is 0 Å². The van der Waals surface area contributed by atoms with Gasteiger partial charge in [0.1, 0.15) is 5.82 Å². The summed E-state index contributed by atoms with van der Waals surface area (Å²) in [5.41, 5.74) is 6.01. The van der Waals surface area contributed by atoms with Gasteiger partial charge in [-0.25, -0.2) is 4.98 Å². The third-order valence-electron chi connectivity index (χ3n) is 2.85. The molecule has 1 atom stereocenters. The SMILES string of the molecule is Cn1ccnc1CCC(N)C1CC1. The van der Waals surface area contributed by atoms with Gasteiger partial charge < -0.3 is 10.3 Å². The highest BCUT2D eigenvalue weighted by atomic mass is 15.0.